The standard InChI is InChI=1S/C19H19N3O3S3/c1-9-10(2)27-17-14(9)16(20-8-21-17)26-7-13(23)22-18-15(19(24)25-3)11-5-4-6-12(11)28-18/h8H,4-7H2,1-3H3,(H,22,23). The van der Waals surface area contributed by atoms with Gasteiger partial charge >= 0.3 is 5.97 Å². The Morgan fingerprint density at radius 1 is 1.25 bits per heavy atom. The number of fused-ring (bicyclic) bond motifs is 2. The van der Waals surface area contributed by atoms with Crippen molar-refractivity contribution in [2.75, 3.05) is 18.2 Å². The second kappa shape index (κ2) is 7.81. The molecule has 1 amide bonds. The highest BCUT2D eigenvalue weighted by atomic mass is 32.2. The van der Waals surface area contributed by atoms with E-state index in [1.807, 2.05) is 0 Å². The Morgan fingerprint density at radius 3 is 2.86 bits per heavy atom. The molecule has 3 heterocycles. The topological polar surface area (TPSA) is 81.2 Å². The van der Waals surface area contributed by atoms with Crippen molar-refractivity contribution in [2.24, 2.45) is 0 Å². The van der Waals surface area contributed by atoms with Crippen molar-refractivity contribution >= 4 is 61.5 Å². The number of thiophene rings is 2. The second-order valence-corrected chi connectivity index (χ2v) is 9.80. The van der Waals surface area contributed by atoms with Crippen LogP contribution in [0.3, 0.4) is 0 Å². The van der Waals surface area contributed by atoms with Crippen LogP contribution in [0.15, 0.2) is 11.4 Å². The van der Waals surface area contributed by atoms with Gasteiger partial charge in [0, 0.05) is 15.1 Å². The van der Waals surface area contributed by atoms with Crippen LogP contribution in [0, 0.1) is 13.8 Å². The van der Waals surface area contributed by atoms with Crippen molar-refractivity contribution in [1.82, 2.24) is 9.97 Å². The summed E-state index contributed by atoms with van der Waals surface area (Å²) in [7, 11) is 1.37. The molecule has 0 aliphatic heterocycles. The van der Waals surface area contributed by atoms with Gasteiger partial charge in [-0.1, -0.05) is 11.8 Å². The van der Waals surface area contributed by atoms with Gasteiger partial charge in [0.05, 0.1) is 18.4 Å². The molecule has 3 aromatic rings. The molecule has 28 heavy (non-hydrogen) atoms. The molecule has 3 aromatic heterocycles. The Balaban J connectivity index is 1.51. The Labute approximate surface area is 174 Å². The number of esters is 1. The van der Waals surface area contributed by atoms with E-state index in [0.29, 0.717) is 10.6 Å². The summed E-state index contributed by atoms with van der Waals surface area (Å²) in [5.41, 5.74) is 2.71. The zero-order valence-corrected chi connectivity index (χ0v) is 18.2. The Morgan fingerprint density at radius 2 is 2.07 bits per heavy atom. The third kappa shape index (κ3) is 3.42. The number of anilines is 1. The van der Waals surface area contributed by atoms with E-state index in [9.17, 15) is 9.59 Å². The third-order valence-corrected chi connectivity index (χ3v) is 8.15. The molecule has 4 rings (SSSR count). The van der Waals surface area contributed by atoms with Gasteiger partial charge in [0.1, 0.15) is 21.2 Å². The molecular formula is C19H19N3O3S3. The predicted octanol–water partition coefficient (Wildman–Crippen LogP) is 4.38. The predicted molar refractivity (Wildman–Crippen MR) is 114 cm³/mol. The van der Waals surface area contributed by atoms with E-state index < -0.39 is 0 Å². The quantitative estimate of drug-likeness (QED) is 0.365. The van der Waals surface area contributed by atoms with Crippen LogP contribution in [-0.2, 0) is 22.4 Å². The lowest BCUT2D eigenvalue weighted by molar-refractivity contribution is -0.113. The summed E-state index contributed by atoms with van der Waals surface area (Å²) in [4.78, 5) is 36.8. The van der Waals surface area contributed by atoms with Crippen molar-refractivity contribution in [3.05, 3.63) is 32.8 Å². The SMILES string of the molecule is COC(=O)c1c(NC(=O)CSc2ncnc3sc(C)c(C)c23)sc2c1CCC2. The lowest BCUT2D eigenvalue weighted by atomic mass is 10.1. The number of nitrogens with one attached hydrogen (secondary N) is 1. The molecule has 1 aliphatic carbocycles. The van der Waals surface area contributed by atoms with Crippen LogP contribution in [0.1, 0.15) is 37.7 Å². The number of carbonyl (C=O) groups is 2. The fraction of sp³-hybridized carbons (Fsp3) is 0.368. The molecular weight excluding hydrogens is 414 g/mol. The number of methoxy groups -OCH3 is 1. The van der Waals surface area contributed by atoms with Crippen LogP contribution in [-0.4, -0.2) is 34.7 Å². The minimum absolute atomic E-state index is 0.161. The molecule has 1 aliphatic rings. The molecule has 0 spiro atoms. The van der Waals surface area contributed by atoms with Crippen LogP contribution in [0.25, 0.3) is 10.2 Å². The first kappa shape index (κ1) is 19.4. The van der Waals surface area contributed by atoms with Crippen LogP contribution in [0.5, 0.6) is 0 Å². The number of ether oxygens (including phenoxy) is 1. The molecule has 1 N–H and O–H groups in total. The Bertz CT molecular complexity index is 1090. The Hall–Kier alpha value is -1.97. The molecule has 0 aromatic carbocycles. The number of aryl methyl sites for hydroxylation is 3. The van der Waals surface area contributed by atoms with Crippen LogP contribution in [0.4, 0.5) is 5.00 Å². The fourth-order valence-corrected chi connectivity index (χ4v) is 6.58. The summed E-state index contributed by atoms with van der Waals surface area (Å²) in [5.74, 6) is -0.334. The van der Waals surface area contributed by atoms with Gasteiger partial charge in [0.2, 0.25) is 5.91 Å². The van der Waals surface area contributed by atoms with Gasteiger partial charge in [0.15, 0.2) is 0 Å². The van der Waals surface area contributed by atoms with Crippen LogP contribution >= 0.6 is 34.4 Å². The van der Waals surface area contributed by atoms with Crippen molar-refractivity contribution in [2.45, 2.75) is 38.1 Å². The maximum absolute atomic E-state index is 12.6. The summed E-state index contributed by atoms with van der Waals surface area (Å²) < 4.78 is 4.93. The van der Waals surface area contributed by atoms with Gasteiger partial charge in [-0.2, -0.15) is 0 Å². The summed E-state index contributed by atoms with van der Waals surface area (Å²) >= 11 is 4.51. The molecule has 6 nitrogen and oxygen atoms in total. The highest BCUT2D eigenvalue weighted by Crippen LogP contribution is 2.40. The average Bonchev–Trinajstić information content (AvgIpc) is 3.33. The molecule has 0 saturated carbocycles. The van der Waals surface area contributed by atoms with Gasteiger partial charge in [-0.25, -0.2) is 14.8 Å². The first-order valence-electron chi connectivity index (χ1n) is 8.85. The maximum Gasteiger partial charge on any atom is 0.341 e. The van der Waals surface area contributed by atoms with Crippen molar-refractivity contribution in [3.63, 3.8) is 0 Å². The van der Waals surface area contributed by atoms with E-state index in [0.717, 1.165) is 45.6 Å². The normalized spacial score (nSPS) is 13.0. The third-order valence-electron chi connectivity index (χ3n) is 4.83. The minimum atomic E-state index is -0.385. The first-order valence-corrected chi connectivity index (χ1v) is 11.5. The molecule has 0 bridgehead atoms. The van der Waals surface area contributed by atoms with E-state index in [2.05, 4.69) is 29.1 Å². The number of aromatic nitrogens is 2. The summed E-state index contributed by atoms with van der Waals surface area (Å²) in [6.45, 7) is 4.12. The smallest absolute Gasteiger partial charge is 0.341 e. The lowest BCUT2D eigenvalue weighted by Gasteiger charge is -2.07. The molecule has 9 heteroatoms. The monoisotopic (exact) mass is 433 g/mol. The van der Waals surface area contributed by atoms with Crippen molar-refractivity contribution in [1.29, 1.82) is 0 Å². The zero-order chi connectivity index (χ0) is 19.8. The van der Waals surface area contributed by atoms with E-state index in [-0.39, 0.29) is 17.6 Å². The molecule has 0 atom stereocenters. The summed E-state index contributed by atoms with van der Waals surface area (Å²) in [6, 6.07) is 0. The molecule has 0 fully saturated rings. The first-order chi connectivity index (χ1) is 13.5. The van der Waals surface area contributed by atoms with Crippen molar-refractivity contribution in [3.8, 4) is 0 Å². The van der Waals surface area contributed by atoms with Gasteiger partial charge in [-0.05, 0) is 44.2 Å². The van der Waals surface area contributed by atoms with E-state index >= 15 is 0 Å². The molecule has 146 valence electrons. The van der Waals surface area contributed by atoms with Gasteiger partial charge in [0.25, 0.3) is 0 Å². The lowest BCUT2D eigenvalue weighted by Crippen LogP contribution is -2.16. The van der Waals surface area contributed by atoms with Gasteiger partial charge in [-0.3, -0.25) is 4.79 Å². The highest BCUT2D eigenvalue weighted by molar-refractivity contribution is 8.00. The Kier molecular flexibility index (Phi) is 5.39. The van der Waals surface area contributed by atoms with Gasteiger partial charge in [-0.15, -0.1) is 22.7 Å². The largest absolute Gasteiger partial charge is 0.465 e. The number of nitrogens with zero attached hydrogens (tertiary/aromatic N) is 2. The zero-order valence-electron chi connectivity index (χ0n) is 15.7. The second-order valence-electron chi connectivity index (χ2n) is 6.53. The van der Waals surface area contributed by atoms with Crippen LogP contribution < -0.4 is 5.32 Å². The van der Waals surface area contributed by atoms with Crippen molar-refractivity contribution < 1.29 is 14.3 Å². The maximum atomic E-state index is 12.6. The fourth-order valence-electron chi connectivity index (χ4n) is 3.37. The summed E-state index contributed by atoms with van der Waals surface area (Å²) in [5, 5.41) is 5.34. The molecule has 0 saturated heterocycles. The summed E-state index contributed by atoms with van der Waals surface area (Å²) in [6.07, 6.45) is 4.39. The van der Waals surface area contributed by atoms with Gasteiger partial charge < -0.3 is 10.1 Å². The van der Waals surface area contributed by atoms with Crippen LogP contribution in [0.2, 0.25) is 0 Å². The highest BCUT2D eigenvalue weighted by Gasteiger charge is 2.28. The molecule has 0 unspecified atom stereocenters. The number of amides is 1. The van der Waals surface area contributed by atoms with E-state index in [4.69, 9.17) is 4.74 Å². The average molecular weight is 434 g/mol. The molecule has 0 radical (unpaired) electrons. The van der Waals surface area contributed by atoms with E-state index in [1.54, 1.807) is 11.3 Å². The number of rotatable bonds is 5. The number of thioether (sulfide) groups is 1. The minimum Gasteiger partial charge on any atom is -0.465 e. The number of hydrogen-bond acceptors (Lipinski definition) is 8. The number of hydrogen-bond donors (Lipinski definition) is 1. The van der Waals surface area contributed by atoms with E-state index in [1.165, 1.54) is 46.3 Å². The number of carbonyl (C=O) groups excluding carboxylic acids is 2.